The Morgan fingerprint density at radius 3 is 2.72 bits per heavy atom. The van der Waals surface area contributed by atoms with Crippen LogP contribution in [0.1, 0.15) is 15.9 Å². The van der Waals surface area contributed by atoms with Crippen molar-refractivity contribution in [2.75, 3.05) is 19.9 Å². The highest BCUT2D eigenvalue weighted by Crippen LogP contribution is 2.29. The molecule has 0 spiro atoms. The Morgan fingerprint density at radius 1 is 1.14 bits per heavy atom. The number of halogens is 1. The molecule has 2 aromatic rings. The lowest BCUT2D eigenvalue weighted by atomic mass is 10.1. The normalized spacial score (nSPS) is 18.8. The minimum absolute atomic E-state index is 0.000842. The molecule has 0 N–H and O–H groups in total. The summed E-state index contributed by atoms with van der Waals surface area (Å²) in [5.74, 6) is -0.572. The van der Waals surface area contributed by atoms with Gasteiger partial charge in [0.15, 0.2) is 6.73 Å². The van der Waals surface area contributed by atoms with Crippen molar-refractivity contribution >= 4 is 28.0 Å². The van der Waals surface area contributed by atoms with Gasteiger partial charge in [-0.1, -0.05) is 30.3 Å². The zero-order valence-electron chi connectivity index (χ0n) is 15.2. The Kier molecular flexibility index (Phi) is 5.50. The maximum absolute atomic E-state index is 13.4. The lowest BCUT2D eigenvalue weighted by Gasteiger charge is -2.29. The molecule has 0 bridgehead atoms. The van der Waals surface area contributed by atoms with Gasteiger partial charge in [0.25, 0.3) is 11.1 Å². The van der Waals surface area contributed by atoms with Crippen molar-refractivity contribution in [2.24, 2.45) is 0 Å². The number of nitrogens with zero attached hydrogens (tertiary/aromatic N) is 2. The molecule has 0 aromatic heterocycles. The van der Waals surface area contributed by atoms with Gasteiger partial charge < -0.3 is 14.4 Å². The first kappa shape index (κ1) is 19.4. The summed E-state index contributed by atoms with van der Waals surface area (Å²) in [4.78, 5) is 39.5. The molecular formula is C20H17FN2O5S. The van der Waals surface area contributed by atoms with E-state index in [-0.39, 0.29) is 48.3 Å². The molecule has 29 heavy (non-hydrogen) atoms. The van der Waals surface area contributed by atoms with Crippen LogP contribution in [0.25, 0.3) is 0 Å². The van der Waals surface area contributed by atoms with Gasteiger partial charge in [-0.15, -0.1) is 0 Å². The maximum atomic E-state index is 13.4. The molecule has 0 radical (unpaired) electrons. The van der Waals surface area contributed by atoms with Gasteiger partial charge in [0.05, 0.1) is 12.2 Å². The maximum Gasteiger partial charge on any atom is 0.292 e. The van der Waals surface area contributed by atoms with Gasteiger partial charge in [-0.25, -0.2) is 4.39 Å². The third-order valence-electron chi connectivity index (χ3n) is 4.57. The first-order valence-electron chi connectivity index (χ1n) is 8.92. The Balaban J connectivity index is 1.37. The van der Waals surface area contributed by atoms with Gasteiger partial charge in [0, 0.05) is 24.9 Å². The molecule has 1 fully saturated rings. The molecule has 1 saturated heterocycles. The van der Waals surface area contributed by atoms with Crippen LogP contribution in [0.5, 0.6) is 5.75 Å². The van der Waals surface area contributed by atoms with Gasteiger partial charge in [0.2, 0.25) is 11.3 Å². The number of ether oxygens (including phenoxy) is 2. The molecule has 9 heteroatoms. The second kappa shape index (κ2) is 8.22. The number of carbonyl (C=O) groups excluding carboxylic acids is 3. The highest BCUT2D eigenvalue weighted by Gasteiger charge is 2.40. The number of carbonyl (C=O) groups is 3. The summed E-state index contributed by atoms with van der Waals surface area (Å²) in [6.45, 7) is 0.411. The van der Waals surface area contributed by atoms with Crippen LogP contribution in [0.3, 0.4) is 0 Å². The van der Waals surface area contributed by atoms with E-state index in [0.29, 0.717) is 17.5 Å². The van der Waals surface area contributed by atoms with Gasteiger partial charge in [-0.05, 0) is 23.8 Å². The molecule has 1 unspecified atom stereocenters. The topological polar surface area (TPSA) is 76.2 Å². The third-order valence-corrected chi connectivity index (χ3v) is 5.39. The van der Waals surface area contributed by atoms with E-state index in [1.165, 1.54) is 21.9 Å². The van der Waals surface area contributed by atoms with Crippen LogP contribution >= 0.6 is 11.8 Å². The zero-order chi connectivity index (χ0) is 20.4. The molecule has 2 heterocycles. The quantitative estimate of drug-likeness (QED) is 0.721. The van der Waals surface area contributed by atoms with Crippen molar-refractivity contribution in [1.29, 1.82) is 0 Å². The minimum Gasteiger partial charge on any atom is -0.472 e. The molecule has 0 saturated carbocycles. The van der Waals surface area contributed by atoms with E-state index < -0.39 is 12.0 Å². The Morgan fingerprint density at radius 2 is 1.93 bits per heavy atom. The van der Waals surface area contributed by atoms with Gasteiger partial charge in [0.1, 0.15) is 11.6 Å². The summed E-state index contributed by atoms with van der Waals surface area (Å²) in [5, 5.41) is -0.759. The van der Waals surface area contributed by atoms with Crippen molar-refractivity contribution in [3.05, 3.63) is 65.5 Å². The second-order valence-corrected chi connectivity index (χ2v) is 7.46. The molecule has 1 atom stereocenters. The van der Waals surface area contributed by atoms with E-state index in [4.69, 9.17) is 9.47 Å². The number of rotatable bonds is 6. The van der Waals surface area contributed by atoms with Crippen molar-refractivity contribution in [3.8, 4) is 5.75 Å². The van der Waals surface area contributed by atoms with Crippen LogP contribution in [-0.4, -0.2) is 52.2 Å². The molecule has 4 rings (SSSR count). The summed E-state index contributed by atoms with van der Waals surface area (Å²) >= 11 is 0.611. The smallest absolute Gasteiger partial charge is 0.292 e. The largest absolute Gasteiger partial charge is 0.472 e. The van der Waals surface area contributed by atoms with E-state index in [2.05, 4.69) is 0 Å². The van der Waals surface area contributed by atoms with Crippen LogP contribution in [-0.2, 0) is 16.1 Å². The predicted molar refractivity (Wildman–Crippen MR) is 103 cm³/mol. The van der Waals surface area contributed by atoms with E-state index in [1.807, 2.05) is 30.3 Å². The SMILES string of the molecule is O=C1SC(=O)N(Cc2ccccc2)C1OCCN1COc2ccc(F)cc2C1=O. The molecule has 2 aromatic carbocycles. The van der Waals surface area contributed by atoms with Crippen LogP contribution in [0.15, 0.2) is 48.5 Å². The van der Waals surface area contributed by atoms with Gasteiger partial charge >= 0.3 is 0 Å². The summed E-state index contributed by atoms with van der Waals surface area (Å²) in [7, 11) is 0. The second-order valence-electron chi connectivity index (χ2n) is 6.51. The molecular weight excluding hydrogens is 399 g/mol. The van der Waals surface area contributed by atoms with Crippen LogP contribution in [0.4, 0.5) is 9.18 Å². The highest BCUT2D eigenvalue weighted by atomic mass is 32.2. The molecule has 150 valence electrons. The number of hydrogen-bond acceptors (Lipinski definition) is 6. The molecule has 2 amide bonds. The minimum atomic E-state index is -1.02. The summed E-state index contributed by atoms with van der Waals surface area (Å²) in [6, 6.07) is 13.1. The first-order valence-corrected chi connectivity index (χ1v) is 9.74. The number of hydrogen-bond donors (Lipinski definition) is 0. The van der Waals surface area contributed by atoms with E-state index in [1.54, 1.807) is 0 Å². The van der Waals surface area contributed by atoms with Crippen molar-refractivity contribution < 1.29 is 28.2 Å². The lowest BCUT2D eigenvalue weighted by molar-refractivity contribution is -0.130. The average Bonchev–Trinajstić information content (AvgIpc) is 2.98. The molecule has 7 nitrogen and oxygen atoms in total. The zero-order valence-corrected chi connectivity index (χ0v) is 16.1. The fourth-order valence-corrected chi connectivity index (χ4v) is 3.86. The van der Waals surface area contributed by atoms with Crippen molar-refractivity contribution in [2.45, 2.75) is 12.8 Å². The highest BCUT2D eigenvalue weighted by molar-refractivity contribution is 8.26. The van der Waals surface area contributed by atoms with Crippen molar-refractivity contribution in [1.82, 2.24) is 9.80 Å². The Bertz CT molecular complexity index is 955. The fourth-order valence-electron chi connectivity index (χ4n) is 3.12. The Hall–Kier alpha value is -2.91. The number of thioether (sulfide) groups is 1. The number of amides is 2. The molecule has 0 aliphatic carbocycles. The summed E-state index contributed by atoms with van der Waals surface area (Å²) in [5.41, 5.74) is 1.02. The van der Waals surface area contributed by atoms with E-state index >= 15 is 0 Å². The number of fused-ring (bicyclic) bond motifs is 1. The van der Waals surface area contributed by atoms with Gasteiger partial charge in [-0.3, -0.25) is 19.3 Å². The average molecular weight is 416 g/mol. The lowest BCUT2D eigenvalue weighted by Crippen LogP contribution is -2.43. The predicted octanol–water partition coefficient (Wildman–Crippen LogP) is 2.86. The van der Waals surface area contributed by atoms with Crippen molar-refractivity contribution in [3.63, 3.8) is 0 Å². The number of benzene rings is 2. The Labute approximate surface area is 170 Å². The molecule has 2 aliphatic heterocycles. The van der Waals surface area contributed by atoms with E-state index in [0.717, 1.165) is 11.6 Å². The fraction of sp³-hybridized carbons (Fsp3) is 0.250. The first-order chi connectivity index (χ1) is 14.0. The van der Waals surface area contributed by atoms with Crippen LogP contribution < -0.4 is 4.74 Å². The monoisotopic (exact) mass is 416 g/mol. The standard InChI is InChI=1S/C20H17FN2O5S/c21-14-6-7-16-15(10-14)17(24)22(12-28-16)8-9-27-18-19(25)29-20(26)23(18)11-13-4-2-1-3-5-13/h1-7,10,18H,8-9,11-12H2. The van der Waals surface area contributed by atoms with Crippen LogP contribution in [0.2, 0.25) is 0 Å². The summed E-state index contributed by atoms with van der Waals surface area (Å²) in [6.07, 6.45) is -1.02. The van der Waals surface area contributed by atoms with Gasteiger partial charge in [-0.2, -0.15) is 0 Å². The third kappa shape index (κ3) is 4.10. The molecule has 2 aliphatic rings. The van der Waals surface area contributed by atoms with Crippen LogP contribution in [0, 0.1) is 5.82 Å². The summed E-state index contributed by atoms with van der Waals surface area (Å²) < 4.78 is 24.5. The van der Waals surface area contributed by atoms with E-state index in [9.17, 15) is 18.8 Å².